The number of nitrogens with one attached hydrogen (secondary N) is 2. The van der Waals surface area contributed by atoms with Gasteiger partial charge in [0.15, 0.2) is 0 Å². The van der Waals surface area contributed by atoms with Gasteiger partial charge in [-0.15, -0.1) is 0 Å². The van der Waals surface area contributed by atoms with Gasteiger partial charge in [-0.2, -0.15) is 0 Å². The standard InChI is InChI=1S/C22H22N2O6S/c1-28-18-8-5-4-7-17(18)24-31(26,27)16-13-11-15(12-14-16)23-22(25)21-19(29-2)9-6-10-20(21)30-3/h4-14,24H,1-3H3,(H,23,25). The van der Waals surface area contributed by atoms with Crippen LogP contribution in [0.15, 0.2) is 71.6 Å². The van der Waals surface area contributed by atoms with Crippen LogP contribution in [-0.4, -0.2) is 35.7 Å². The van der Waals surface area contributed by atoms with Crippen molar-refractivity contribution in [3.8, 4) is 17.2 Å². The third-order valence-electron chi connectivity index (χ3n) is 4.43. The highest BCUT2D eigenvalue weighted by molar-refractivity contribution is 7.92. The molecule has 0 aliphatic carbocycles. The lowest BCUT2D eigenvalue weighted by Crippen LogP contribution is -2.15. The highest BCUT2D eigenvalue weighted by atomic mass is 32.2. The lowest BCUT2D eigenvalue weighted by atomic mass is 10.1. The second-order valence-electron chi connectivity index (χ2n) is 6.32. The van der Waals surface area contributed by atoms with E-state index in [-0.39, 0.29) is 10.5 Å². The molecule has 0 bridgehead atoms. The van der Waals surface area contributed by atoms with E-state index in [1.807, 2.05) is 0 Å². The monoisotopic (exact) mass is 442 g/mol. The Bertz CT molecular complexity index is 1150. The molecule has 0 spiro atoms. The molecule has 0 radical (unpaired) electrons. The zero-order valence-electron chi connectivity index (χ0n) is 17.2. The summed E-state index contributed by atoms with van der Waals surface area (Å²) >= 11 is 0. The van der Waals surface area contributed by atoms with E-state index in [1.165, 1.54) is 45.6 Å². The smallest absolute Gasteiger partial charge is 0.263 e. The summed E-state index contributed by atoms with van der Waals surface area (Å²) in [5.74, 6) is 0.673. The van der Waals surface area contributed by atoms with E-state index < -0.39 is 15.9 Å². The van der Waals surface area contributed by atoms with Gasteiger partial charge in [-0.25, -0.2) is 8.42 Å². The molecule has 0 saturated heterocycles. The van der Waals surface area contributed by atoms with Crippen molar-refractivity contribution in [3.05, 3.63) is 72.3 Å². The first-order valence-corrected chi connectivity index (χ1v) is 10.7. The number of methoxy groups -OCH3 is 3. The van der Waals surface area contributed by atoms with Crippen LogP contribution >= 0.6 is 0 Å². The van der Waals surface area contributed by atoms with Crippen LogP contribution < -0.4 is 24.2 Å². The van der Waals surface area contributed by atoms with Crippen molar-refractivity contribution in [2.75, 3.05) is 31.4 Å². The summed E-state index contributed by atoms with van der Waals surface area (Å²) in [4.78, 5) is 12.8. The molecule has 1 amide bonds. The maximum absolute atomic E-state index is 12.8. The Hall–Kier alpha value is -3.72. The van der Waals surface area contributed by atoms with Crippen LogP contribution in [-0.2, 0) is 10.0 Å². The summed E-state index contributed by atoms with van der Waals surface area (Å²) in [5.41, 5.74) is 0.974. The van der Waals surface area contributed by atoms with Crippen molar-refractivity contribution in [2.45, 2.75) is 4.90 Å². The first-order valence-electron chi connectivity index (χ1n) is 9.18. The maximum Gasteiger partial charge on any atom is 0.263 e. The summed E-state index contributed by atoms with van der Waals surface area (Å²) in [7, 11) is 0.529. The topological polar surface area (TPSA) is 103 Å². The predicted octanol–water partition coefficient (Wildman–Crippen LogP) is 3.77. The number of carbonyl (C=O) groups excluding carboxylic acids is 1. The fraction of sp³-hybridized carbons (Fsp3) is 0.136. The molecule has 0 aromatic heterocycles. The summed E-state index contributed by atoms with van der Waals surface area (Å²) in [6, 6.07) is 17.5. The highest BCUT2D eigenvalue weighted by Gasteiger charge is 2.20. The van der Waals surface area contributed by atoms with Gasteiger partial charge in [0.05, 0.1) is 31.9 Å². The Labute approximate surface area is 180 Å². The Balaban J connectivity index is 1.80. The Morgan fingerprint density at radius 1 is 0.742 bits per heavy atom. The number of hydrogen-bond acceptors (Lipinski definition) is 6. The summed E-state index contributed by atoms with van der Waals surface area (Å²) < 4.78 is 43.6. The molecule has 0 saturated carbocycles. The molecule has 0 aliphatic rings. The predicted molar refractivity (Wildman–Crippen MR) is 118 cm³/mol. The van der Waals surface area contributed by atoms with Crippen molar-refractivity contribution in [1.29, 1.82) is 0 Å². The normalized spacial score (nSPS) is 10.8. The Morgan fingerprint density at radius 3 is 1.87 bits per heavy atom. The van der Waals surface area contributed by atoms with Crippen LogP contribution in [0, 0.1) is 0 Å². The molecular formula is C22H22N2O6S. The third-order valence-corrected chi connectivity index (χ3v) is 5.81. The molecule has 0 unspecified atom stereocenters. The number of hydrogen-bond donors (Lipinski definition) is 2. The molecule has 8 nitrogen and oxygen atoms in total. The van der Waals surface area contributed by atoms with E-state index >= 15 is 0 Å². The molecule has 31 heavy (non-hydrogen) atoms. The number of benzene rings is 3. The molecule has 3 rings (SSSR count). The summed E-state index contributed by atoms with van der Waals surface area (Å²) in [6.07, 6.45) is 0. The first kappa shape index (κ1) is 22.0. The fourth-order valence-electron chi connectivity index (χ4n) is 2.92. The number of sulfonamides is 1. The molecule has 9 heteroatoms. The summed E-state index contributed by atoms with van der Waals surface area (Å²) in [6.45, 7) is 0. The van der Waals surface area contributed by atoms with Crippen molar-refractivity contribution in [2.24, 2.45) is 0 Å². The van der Waals surface area contributed by atoms with Crippen LogP contribution in [0.25, 0.3) is 0 Å². The quantitative estimate of drug-likeness (QED) is 0.551. The van der Waals surface area contributed by atoms with Crippen LogP contribution in [0.4, 0.5) is 11.4 Å². The van der Waals surface area contributed by atoms with Crippen LogP contribution in [0.2, 0.25) is 0 Å². The molecule has 2 N–H and O–H groups in total. The minimum atomic E-state index is -3.85. The van der Waals surface area contributed by atoms with Gasteiger partial charge in [0.25, 0.3) is 15.9 Å². The van der Waals surface area contributed by atoms with Crippen molar-refractivity contribution in [3.63, 3.8) is 0 Å². The zero-order valence-corrected chi connectivity index (χ0v) is 18.0. The molecule has 0 heterocycles. The Kier molecular flexibility index (Phi) is 6.66. The number of rotatable bonds is 8. The number of para-hydroxylation sites is 2. The van der Waals surface area contributed by atoms with Gasteiger partial charge in [0, 0.05) is 5.69 Å². The minimum absolute atomic E-state index is 0.0336. The lowest BCUT2D eigenvalue weighted by Gasteiger charge is -2.14. The van der Waals surface area contributed by atoms with Gasteiger partial charge >= 0.3 is 0 Å². The van der Waals surface area contributed by atoms with Crippen molar-refractivity contribution >= 4 is 27.3 Å². The average Bonchev–Trinajstić information content (AvgIpc) is 2.78. The molecule has 0 aliphatic heterocycles. The first-order chi connectivity index (χ1) is 14.9. The van der Waals surface area contributed by atoms with E-state index in [2.05, 4.69) is 10.0 Å². The molecule has 0 atom stereocenters. The van der Waals surface area contributed by atoms with E-state index in [0.29, 0.717) is 28.6 Å². The van der Waals surface area contributed by atoms with E-state index in [9.17, 15) is 13.2 Å². The van der Waals surface area contributed by atoms with Gasteiger partial charge < -0.3 is 19.5 Å². The van der Waals surface area contributed by atoms with E-state index in [4.69, 9.17) is 14.2 Å². The number of carbonyl (C=O) groups is 1. The van der Waals surface area contributed by atoms with Crippen LogP contribution in [0.1, 0.15) is 10.4 Å². The van der Waals surface area contributed by atoms with Gasteiger partial charge in [-0.3, -0.25) is 9.52 Å². The molecule has 3 aromatic rings. The molecular weight excluding hydrogens is 420 g/mol. The van der Waals surface area contributed by atoms with Crippen LogP contribution in [0.5, 0.6) is 17.2 Å². The zero-order chi connectivity index (χ0) is 22.4. The van der Waals surface area contributed by atoms with Crippen molar-refractivity contribution < 1.29 is 27.4 Å². The number of ether oxygens (including phenoxy) is 3. The van der Waals surface area contributed by atoms with Gasteiger partial charge in [0.1, 0.15) is 22.8 Å². The SMILES string of the molecule is COc1ccccc1NS(=O)(=O)c1ccc(NC(=O)c2c(OC)cccc2OC)cc1. The maximum atomic E-state index is 12.8. The Morgan fingerprint density at radius 2 is 1.29 bits per heavy atom. The molecule has 3 aromatic carbocycles. The van der Waals surface area contributed by atoms with Crippen molar-refractivity contribution in [1.82, 2.24) is 0 Å². The minimum Gasteiger partial charge on any atom is -0.496 e. The van der Waals surface area contributed by atoms with E-state index in [1.54, 1.807) is 42.5 Å². The largest absolute Gasteiger partial charge is 0.496 e. The average molecular weight is 442 g/mol. The third kappa shape index (κ3) is 4.89. The second-order valence-corrected chi connectivity index (χ2v) is 8.00. The molecule has 0 fully saturated rings. The second kappa shape index (κ2) is 9.40. The lowest BCUT2D eigenvalue weighted by molar-refractivity contribution is 0.102. The van der Waals surface area contributed by atoms with Crippen LogP contribution in [0.3, 0.4) is 0 Å². The van der Waals surface area contributed by atoms with E-state index in [0.717, 1.165) is 0 Å². The summed E-state index contributed by atoms with van der Waals surface area (Å²) in [5, 5.41) is 2.72. The van der Waals surface area contributed by atoms with Gasteiger partial charge in [-0.05, 0) is 48.5 Å². The van der Waals surface area contributed by atoms with Gasteiger partial charge in [0.2, 0.25) is 0 Å². The number of anilines is 2. The molecule has 162 valence electrons. The highest BCUT2D eigenvalue weighted by Crippen LogP contribution is 2.30. The fourth-order valence-corrected chi connectivity index (χ4v) is 3.99. The number of amides is 1. The van der Waals surface area contributed by atoms with Gasteiger partial charge in [-0.1, -0.05) is 18.2 Å².